The van der Waals surface area contributed by atoms with Gasteiger partial charge in [-0.2, -0.15) is 0 Å². The number of pyridine rings is 1. The second-order valence-corrected chi connectivity index (χ2v) is 4.58. The lowest BCUT2D eigenvalue weighted by Crippen LogP contribution is -2.36. The number of guanidine groups is 1. The third-order valence-electron chi connectivity index (χ3n) is 3.00. The summed E-state index contributed by atoms with van der Waals surface area (Å²) in [6.45, 7) is 1.00. The molecular weight excluding hydrogens is 283 g/mol. The Morgan fingerprint density at radius 3 is 2.68 bits per heavy atom. The molecule has 0 unspecified atom stereocenters. The Kier molecular flexibility index (Phi) is 5.71. The lowest BCUT2D eigenvalue weighted by atomic mass is 10.2. The summed E-state index contributed by atoms with van der Waals surface area (Å²) in [7, 11) is 3.26. The molecule has 5 nitrogen and oxygen atoms in total. The van der Waals surface area contributed by atoms with E-state index in [-0.39, 0.29) is 5.82 Å². The Bertz CT molecular complexity index is 646. The Morgan fingerprint density at radius 1 is 1.18 bits per heavy atom. The Morgan fingerprint density at radius 2 is 1.95 bits per heavy atom. The lowest BCUT2D eigenvalue weighted by Gasteiger charge is -2.12. The topological polar surface area (TPSA) is 58.5 Å². The predicted molar refractivity (Wildman–Crippen MR) is 84.2 cm³/mol. The fourth-order valence-electron chi connectivity index (χ4n) is 1.90. The minimum Gasteiger partial charge on any atom is -0.481 e. The number of nitrogens with zero attached hydrogens (tertiary/aromatic N) is 2. The van der Waals surface area contributed by atoms with Crippen molar-refractivity contribution in [3.63, 3.8) is 0 Å². The maximum atomic E-state index is 13.1. The Labute approximate surface area is 129 Å². The summed E-state index contributed by atoms with van der Waals surface area (Å²) < 4.78 is 18.2. The molecule has 0 amide bonds. The second kappa shape index (κ2) is 7.97. The van der Waals surface area contributed by atoms with E-state index in [4.69, 9.17) is 4.74 Å². The van der Waals surface area contributed by atoms with Gasteiger partial charge in [-0.05, 0) is 23.8 Å². The molecular formula is C16H19FN4O. The van der Waals surface area contributed by atoms with Gasteiger partial charge in [0.25, 0.3) is 0 Å². The zero-order valence-corrected chi connectivity index (χ0v) is 12.6. The van der Waals surface area contributed by atoms with E-state index in [1.807, 2.05) is 18.2 Å². The standard InChI is InChI=1S/C16H19FN4O/c1-18-16(19-10-12-5-3-6-13(17)9-12)20-11-14-7-4-8-15(21-14)22-2/h3-9H,10-11H2,1-2H3,(H2,18,19,20). The monoisotopic (exact) mass is 302 g/mol. The van der Waals surface area contributed by atoms with Crippen LogP contribution in [0.3, 0.4) is 0 Å². The highest BCUT2D eigenvalue weighted by atomic mass is 19.1. The van der Waals surface area contributed by atoms with Gasteiger partial charge in [0.2, 0.25) is 5.88 Å². The highest BCUT2D eigenvalue weighted by Gasteiger charge is 2.02. The minimum atomic E-state index is -0.247. The van der Waals surface area contributed by atoms with Gasteiger partial charge in [0.15, 0.2) is 5.96 Å². The van der Waals surface area contributed by atoms with Gasteiger partial charge in [0.1, 0.15) is 5.82 Å². The average molecular weight is 302 g/mol. The van der Waals surface area contributed by atoms with E-state index in [2.05, 4.69) is 20.6 Å². The van der Waals surface area contributed by atoms with Crippen molar-refractivity contribution in [3.05, 3.63) is 59.5 Å². The molecule has 6 heteroatoms. The van der Waals surface area contributed by atoms with Crippen LogP contribution in [-0.2, 0) is 13.1 Å². The van der Waals surface area contributed by atoms with Crippen LogP contribution in [0.4, 0.5) is 4.39 Å². The molecule has 0 bridgehead atoms. The van der Waals surface area contributed by atoms with E-state index in [0.29, 0.717) is 24.9 Å². The molecule has 1 aromatic carbocycles. The molecule has 0 atom stereocenters. The number of halogens is 1. The maximum Gasteiger partial charge on any atom is 0.213 e. The number of aromatic nitrogens is 1. The van der Waals surface area contributed by atoms with Crippen molar-refractivity contribution in [2.45, 2.75) is 13.1 Å². The molecule has 0 spiro atoms. The second-order valence-electron chi connectivity index (χ2n) is 4.58. The van der Waals surface area contributed by atoms with Crippen LogP contribution in [0.5, 0.6) is 5.88 Å². The molecule has 0 saturated heterocycles. The summed E-state index contributed by atoms with van der Waals surface area (Å²) in [5.41, 5.74) is 1.69. The first-order valence-corrected chi connectivity index (χ1v) is 6.90. The van der Waals surface area contributed by atoms with Crippen LogP contribution in [0.15, 0.2) is 47.5 Å². The molecule has 1 heterocycles. The molecule has 0 saturated carbocycles. The molecule has 0 aliphatic heterocycles. The van der Waals surface area contributed by atoms with Crippen LogP contribution < -0.4 is 15.4 Å². The summed E-state index contributed by atoms with van der Waals surface area (Å²) >= 11 is 0. The van der Waals surface area contributed by atoms with Gasteiger partial charge < -0.3 is 15.4 Å². The largest absolute Gasteiger partial charge is 0.481 e. The van der Waals surface area contributed by atoms with Crippen molar-refractivity contribution in [1.82, 2.24) is 15.6 Å². The van der Waals surface area contributed by atoms with Gasteiger partial charge in [0, 0.05) is 19.7 Å². The quantitative estimate of drug-likeness (QED) is 0.656. The van der Waals surface area contributed by atoms with Crippen LogP contribution in [0, 0.1) is 5.82 Å². The van der Waals surface area contributed by atoms with Crippen molar-refractivity contribution < 1.29 is 9.13 Å². The van der Waals surface area contributed by atoms with Gasteiger partial charge in [-0.15, -0.1) is 0 Å². The summed E-state index contributed by atoms with van der Waals surface area (Å²) in [4.78, 5) is 8.44. The number of ether oxygens (including phenoxy) is 1. The fourth-order valence-corrected chi connectivity index (χ4v) is 1.90. The van der Waals surface area contributed by atoms with Gasteiger partial charge in [-0.3, -0.25) is 4.99 Å². The molecule has 0 aliphatic carbocycles. The van der Waals surface area contributed by atoms with Gasteiger partial charge in [-0.1, -0.05) is 18.2 Å². The summed E-state index contributed by atoms with van der Waals surface area (Å²) in [6.07, 6.45) is 0. The molecule has 0 aliphatic rings. The molecule has 1 aromatic heterocycles. The van der Waals surface area contributed by atoms with Crippen molar-refractivity contribution in [3.8, 4) is 5.88 Å². The average Bonchev–Trinajstić information content (AvgIpc) is 2.55. The number of hydrogen-bond donors (Lipinski definition) is 2. The predicted octanol–water partition coefficient (Wildman–Crippen LogP) is 2.09. The third kappa shape index (κ3) is 4.73. The minimum absolute atomic E-state index is 0.247. The van der Waals surface area contributed by atoms with Crippen LogP contribution in [0.2, 0.25) is 0 Å². The Hall–Kier alpha value is -2.63. The first-order valence-electron chi connectivity index (χ1n) is 6.90. The van der Waals surface area contributed by atoms with Gasteiger partial charge in [0.05, 0.1) is 19.3 Å². The van der Waals surface area contributed by atoms with Crippen molar-refractivity contribution in [2.75, 3.05) is 14.2 Å². The number of benzene rings is 1. The van der Waals surface area contributed by atoms with E-state index >= 15 is 0 Å². The molecule has 0 fully saturated rings. The first-order chi connectivity index (χ1) is 10.7. The van der Waals surface area contributed by atoms with Crippen LogP contribution in [0.25, 0.3) is 0 Å². The number of aliphatic imine (C=N–C) groups is 1. The van der Waals surface area contributed by atoms with Crippen LogP contribution in [0.1, 0.15) is 11.3 Å². The fraction of sp³-hybridized carbons (Fsp3) is 0.250. The summed E-state index contributed by atoms with van der Waals surface area (Å²) in [5.74, 6) is 0.943. The number of methoxy groups -OCH3 is 1. The van der Waals surface area contributed by atoms with Gasteiger partial charge in [-0.25, -0.2) is 9.37 Å². The molecule has 116 valence electrons. The molecule has 22 heavy (non-hydrogen) atoms. The highest BCUT2D eigenvalue weighted by Crippen LogP contribution is 2.06. The SMILES string of the molecule is CN=C(NCc1cccc(F)c1)NCc1cccc(OC)n1. The zero-order chi connectivity index (χ0) is 15.8. The highest BCUT2D eigenvalue weighted by molar-refractivity contribution is 5.79. The van der Waals surface area contributed by atoms with Crippen LogP contribution >= 0.6 is 0 Å². The van der Waals surface area contributed by atoms with E-state index in [1.165, 1.54) is 12.1 Å². The van der Waals surface area contributed by atoms with Crippen molar-refractivity contribution in [2.24, 2.45) is 4.99 Å². The molecule has 0 radical (unpaired) electrons. The lowest BCUT2D eigenvalue weighted by molar-refractivity contribution is 0.396. The molecule has 2 N–H and O–H groups in total. The van der Waals surface area contributed by atoms with Gasteiger partial charge >= 0.3 is 0 Å². The number of nitrogens with one attached hydrogen (secondary N) is 2. The number of rotatable bonds is 5. The maximum absolute atomic E-state index is 13.1. The smallest absolute Gasteiger partial charge is 0.213 e. The first kappa shape index (κ1) is 15.8. The summed E-state index contributed by atoms with van der Waals surface area (Å²) in [5, 5.41) is 6.27. The van der Waals surface area contributed by atoms with E-state index < -0.39 is 0 Å². The van der Waals surface area contributed by atoms with E-state index in [9.17, 15) is 4.39 Å². The zero-order valence-electron chi connectivity index (χ0n) is 12.6. The molecule has 2 aromatic rings. The molecule has 2 rings (SSSR count). The third-order valence-corrected chi connectivity index (χ3v) is 3.00. The normalized spacial score (nSPS) is 11.1. The van der Waals surface area contributed by atoms with Crippen LogP contribution in [-0.4, -0.2) is 25.1 Å². The van der Waals surface area contributed by atoms with Crippen molar-refractivity contribution in [1.29, 1.82) is 0 Å². The van der Waals surface area contributed by atoms with E-state index in [0.717, 1.165) is 11.3 Å². The van der Waals surface area contributed by atoms with E-state index in [1.54, 1.807) is 26.3 Å². The Balaban J connectivity index is 1.87. The van der Waals surface area contributed by atoms with Crippen molar-refractivity contribution >= 4 is 5.96 Å². The summed E-state index contributed by atoms with van der Waals surface area (Å²) in [6, 6.07) is 12.0. The number of hydrogen-bond acceptors (Lipinski definition) is 3.